The van der Waals surface area contributed by atoms with Gasteiger partial charge in [0, 0.05) is 12.4 Å². The van der Waals surface area contributed by atoms with Crippen LogP contribution >= 0.6 is 0 Å². The zero-order valence-electron chi connectivity index (χ0n) is 9.19. The molecule has 82 valence electrons. The van der Waals surface area contributed by atoms with E-state index >= 15 is 0 Å². The molecule has 0 spiro atoms. The fourth-order valence-corrected chi connectivity index (χ4v) is 2.62. The lowest BCUT2D eigenvalue weighted by atomic mass is 9.92. The Bertz CT molecular complexity index is 299. The van der Waals surface area contributed by atoms with E-state index in [0.29, 0.717) is 5.92 Å². The molecule has 3 heteroatoms. The van der Waals surface area contributed by atoms with Crippen molar-refractivity contribution >= 4 is 0 Å². The fourth-order valence-electron chi connectivity index (χ4n) is 2.62. The second-order valence-electron chi connectivity index (χ2n) is 4.61. The van der Waals surface area contributed by atoms with Gasteiger partial charge in [-0.15, -0.1) is 0 Å². The number of rotatable bonds is 3. The molecule has 2 rings (SSSR count). The van der Waals surface area contributed by atoms with Crippen LogP contribution in [0.1, 0.15) is 37.8 Å². The van der Waals surface area contributed by atoms with Gasteiger partial charge >= 0.3 is 0 Å². The van der Waals surface area contributed by atoms with E-state index in [-0.39, 0.29) is 6.04 Å². The van der Waals surface area contributed by atoms with Gasteiger partial charge in [-0.05, 0) is 36.3 Å². The fraction of sp³-hybridized carbons (Fsp3) is 0.583. The first-order valence-electron chi connectivity index (χ1n) is 5.67. The van der Waals surface area contributed by atoms with Crippen molar-refractivity contribution in [3.05, 3.63) is 30.1 Å². The molecule has 1 aromatic rings. The van der Waals surface area contributed by atoms with Crippen LogP contribution in [-0.4, -0.2) is 4.98 Å². The highest BCUT2D eigenvalue weighted by molar-refractivity contribution is 5.15. The molecule has 15 heavy (non-hydrogen) atoms. The van der Waals surface area contributed by atoms with Crippen LogP contribution in [0.5, 0.6) is 0 Å². The van der Waals surface area contributed by atoms with E-state index in [4.69, 9.17) is 5.84 Å². The number of nitrogens with zero attached hydrogens (tertiary/aromatic N) is 1. The zero-order chi connectivity index (χ0) is 10.7. The Hall–Kier alpha value is -0.930. The molecule has 1 aliphatic carbocycles. The van der Waals surface area contributed by atoms with E-state index in [0.717, 1.165) is 5.92 Å². The average Bonchev–Trinajstić information content (AvgIpc) is 2.68. The molecule has 3 atom stereocenters. The lowest BCUT2D eigenvalue weighted by Crippen LogP contribution is -2.32. The van der Waals surface area contributed by atoms with Crippen molar-refractivity contribution in [3.8, 4) is 0 Å². The third-order valence-corrected chi connectivity index (χ3v) is 3.43. The number of aromatic nitrogens is 1. The quantitative estimate of drug-likeness (QED) is 0.586. The molecule has 0 saturated heterocycles. The molecule has 0 amide bonds. The molecule has 3 N–H and O–H groups in total. The van der Waals surface area contributed by atoms with E-state index in [1.807, 2.05) is 12.3 Å². The zero-order valence-corrected chi connectivity index (χ0v) is 9.19. The van der Waals surface area contributed by atoms with E-state index < -0.39 is 0 Å². The number of pyridine rings is 1. The normalized spacial score (nSPS) is 27.9. The largest absolute Gasteiger partial charge is 0.271 e. The highest BCUT2D eigenvalue weighted by Crippen LogP contribution is 2.38. The van der Waals surface area contributed by atoms with Crippen LogP contribution in [0.3, 0.4) is 0 Å². The molecule has 1 fully saturated rings. The number of nitrogens with one attached hydrogen (secondary N) is 1. The van der Waals surface area contributed by atoms with Crippen molar-refractivity contribution < 1.29 is 0 Å². The van der Waals surface area contributed by atoms with Crippen LogP contribution in [0.15, 0.2) is 24.5 Å². The molecular formula is C12H19N3. The maximum atomic E-state index is 5.65. The molecule has 1 saturated carbocycles. The van der Waals surface area contributed by atoms with Crippen LogP contribution < -0.4 is 11.3 Å². The first-order chi connectivity index (χ1) is 7.31. The monoisotopic (exact) mass is 205 g/mol. The molecule has 3 nitrogen and oxygen atoms in total. The molecular weight excluding hydrogens is 186 g/mol. The standard InChI is InChI=1S/C12H19N3/c1-9-4-5-10(7-9)12(15-13)11-3-2-6-14-8-11/h2-3,6,8-10,12,15H,4-5,7,13H2,1H3. The van der Waals surface area contributed by atoms with Crippen LogP contribution in [-0.2, 0) is 0 Å². The number of hydrazine groups is 1. The summed E-state index contributed by atoms with van der Waals surface area (Å²) in [5.74, 6) is 7.15. The van der Waals surface area contributed by atoms with E-state index in [1.54, 1.807) is 6.20 Å². The van der Waals surface area contributed by atoms with Crippen molar-refractivity contribution in [1.82, 2.24) is 10.4 Å². The second-order valence-corrected chi connectivity index (χ2v) is 4.61. The van der Waals surface area contributed by atoms with Crippen LogP contribution in [0.4, 0.5) is 0 Å². The number of hydrogen-bond acceptors (Lipinski definition) is 3. The lowest BCUT2D eigenvalue weighted by Gasteiger charge is -2.22. The third-order valence-electron chi connectivity index (χ3n) is 3.43. The summed E-state index contributed by atoms with van der Waals surface area (Å²) in [5, 5.41) is 0. The van der Waals surface area contributed by atoms with Gasteiger partial charge in [-0.2, -0.15) is 0 Å². The minimum absolute atomic E-state index is 0.267. The molecule has 0 aromatic carbocycles. The first-order valence-corrected chi connectivity index (χ1v) is 5.67. The Morgan fingerprint density at radius 3 is 2.93 bits per heavy atom. The summed E-state index contributed by atoms with van der Waals surface area (Å²) in [5.41, 5.74) is 4.15. The Labute approximate surface area is 91.1 Å². The van der Waals surface area contributed by atoms with Crippen molar-refractivity contribution in [1.29, 1.82) is 0 Å². The first kappa shape index (κ1) is 10.6. The van der Waals surface area contributed by atoms with Gasteiger partial charge in [-0.3, -0.25) is 16.3 Å². The van der Waals surface area contributed by atoms with Crippen molar-refractivity contribution in [2.75, 3.05) is 0 Å². The molecule has 0 aliphatic heterocycles. The minimum Gasteiger partial charge on any atom is -0.271 e. The van der Waals surface area contributed by atoms with Gasteiger partial charge in [-0.1, -0.05) is 19.4 Å². The predicted molar refractivity (Wildman–Crippen MR) is 60.8 cm³/mol. The van der Waals surface area contributed by atoms with Gasteiger partial charge in [-0.25, -0.2) is 0 Å². The van der Waals surface area contributed by atoms with Crippen molar-refractivity contribution in [3.63, 3.8) is 0 Å². The highest BCUT2D eigenvalue weighted by atomic mass is 15.2. The molecule has 1 aliphatic rings. The number of nitrogens with two attached hydrogens (primary N) is 1. The summed E-state index contributed by atoms with van der Waals surface area (Å²) in [6.07, 6.45) is 7.57. The van der Waals surface area contributed by atoms with Gasteiger partial charge in [0.25, 0.3) is 0 Å². The Kier molecular flexibility index (Phi) is 3.34. The number of hydrogen-bond donors (Lipinski definition) is 2. The topological polar surface area (TPSA) is 50.9 Å². The average molecular weight is 205 g/mol. The SMILES string of the molecule is CC1CCC(C(NN)c2cccnc2)C1. The summed E-state index contributed by atoms with van der Waals surface area (Å²) in [6, 6.07) is 4.34. The smallest absolute Gasteiger partial charge is 0.0503 e. The summed E-state index contributed by atoms with van der Waals surface area (Å²) < 4.78 is 0. The Morgan fingerprint density at radius 1 is 1.53 bits per heavy atom. The molecule has 1 aromatic heterocycles. The maximum absolute atomic E-state index is 5.65. The summed E-state index contributed by atoms with van der Waals surface area (Å²) in [7, 11) is 0. The molecule has 0 radical (unpaired) electrons. The van der Waals surface area contributed by atoms with Gasteiger partial charge in [0.05, 0.1) is 6.04 Å². The highest BCUT2D eigenvalue weighted by Gasteiger charge is 2.29. The molecule has 0 bridgehead atoms. The maximum Gasteiger partial charge on any atom is 0.0503 e. The van der Waals surface area contributed by atoms with Gasteiger partial charge in [0.15, 0.2) is 0 Å². The van der Waals surface area contributed by atoms with Crippen molar-refractivity contribution in [2.24, 2.45) is 17.7 Å². The van der Waals surface area contributed by atoms with E-state index in [1.165, 1.54) is 24.8 Å². The van der Waals surface area contributed by atoms with Crippen LogP contribution in [0.2, 0.25) is 0 Å². The minimum atomic E-state index is 0.267. The van der Waals surface area contributed by atoms with Gasteiger partial charge < -0.3 is 0 Å². The van der Waals surface area contributed by atoms with Gasteiger partial charge in [0.2, 0.25) is 0 Å². The third kappa shape index (κ3) is 2.36. The Balaban J connectivity index is 2.11. The Morgan fingerprint density at radius 2 is 2.40 bits per heavy atom. The van der Waals surface area contributed by atoms with E-state index in [2.05, 4.69) is 23.4 Å². The summed E-state index contributed by atoms with van der Waals surface area (Å²) in [6.45, 7) is 2.32. The molecule has 3 unspecified atom stereocenters. The van der Waals surface area contributed by atoms with Crippen molar-refractivity contribution in [2.45, 2.75) is 32.2 Å². The van der Waals surface area contributed by atoms with Crippen LogP contribution in [0.25, 0.3) is 0 Å². The summed E-state index contributed by atoms with van der Waals surface area (Å²) >= 11 is 0. The van der Waals surface area contributed by atoms with Gasteiger partial charge in [0.1, 0.15) is 0 Å². The van der Waals surface area contributed by atoms with E-state index in [9.17, 15) is 0 Å². The lowest BCUT2D eigenvalue weighted by molar-refractivity contribution is 0.363. The summed E-state index contributed by atoms with van der Waals surface area (Å²) in [4.78, 5) is 4.15. The van der Waals surface area contributed by atoms with Crippen LogP contribution in [0, 0.1) is 11.8 Å². The molecule has 1 heterocycles. The second kappa shape index (κ2) is 4.73. The predicted octanol–water partition coefficient (Wildman–Crippen LogP) is 2.02.